The molecule has 0 aliphatic rings. The summed E-state index contributed by atoms with van der Waals surface area (Å²) in [6.45, 7) is 0. The molecule has 6 aromatic heterocycles. The second kappa shape index (κ2) is 6.56. The highest BCUT2D eigenvalue weighted by Gasteiger charge is 2.15. The smallest absolute Gasteiger partial charge is 0.116 e. The van der Waals surface area contributed by atoms with Gasteiger partial charge in [0.15, 0.2) is 0 Å². The molecule has 0 amide bonds. The molecule has 0 saturated heterocycles. The third kappa shape index (κ3) is 2.62. The maximum Gasteiger partial charge on any atom is 0.116 e. The first-order chi connectivity index (χ1) is 14.9. The maximum atomic E-state index is 4.55. The van der Waals surface area contributed by atoms with Crippen molar-refractivity contribution in [2.45, 2.75) is 0 Å². The molecule has 0 radical (unpaired) electrons. The van der Waals surface area contributed by atoms with Gasteiger partial charge in [-0.25, -0.2) is 0 Å². The molecule has 8 nitrogen and oxygen atoms in total. The molecule has 0 unspecified atom stereocenters. The van der Waals surface area contributed by atoms with Crippen LogP contribution in [0.2, 0.25) is 0 Å². The molecule has 0 atom stereocenters. The Morgan fingerprint density at radius 1 is 0.633 bits per heavy atom. The van der Waals surface area contributed by atoms with Gasteiger partial charge in [0.25, 0.3) is 0 Å². The first kappa shape index (κ1) is 16.5. The van der Waals surface area contributed by atoms with Crippen molar-refractivity contribution in [1.82, 2.24) is 40.1 Å². The van der Waals surface area contributed by atoms with Crippen molar-refractivity contribution in [3.8, 4) is 34.2 Å². The third-order valence-corrected chi connectivity index (χ3v) is 4.98. The predicted molar refractivity (Wildman–Crippen MR) is 113 cm³/mol. The molecule has 0 aliphatic heterocycles. The average molecular weight is 390 g/mol. The summed E-state index contributed by atoms with van der Waals surface area (Å²) in [5.74, 6) is 0. The number of nitrogens with zero attached hydrogens (tertiary/aromatic N) is 6. The molecule has 6 aromatic rings. The summed E-state index contributed by atoms with van der Waals surface area (Å²) < 4.78 is 0. The van der Waals surface area contributed by atoms with E-state index in [9.17, 15) is 0 Å². The van der Waals surface area contributed by atoms with Crippen LogP contribution in [0.1, 0.15) is 0 Å². The number of nitrogens with one attached hydrogen (secondary N) is 2. The van der Waals surface area contributed by atoms with Crippen LogP contribution in [0.15, 0.2) is 73.6 Å². The van der Waals surface area contributed by atoms with E-state index in [1.54, 1.807) is 37.2 Å². The monoisotopic (exact) mass is 390 g/mol. The molecule has 0 bridgehead atoms. The van der Waals surface area contributed by atoms with Crippen LogP contribution in [0.25, 0.3) is 56.0 Å². The summed E-state index contributed by atoms with van der Waals surface area (Å²) in [4.78, 5) is 25.4. The fourth-order valence-electron chi connectivity index (χ4n) is 3.58. The standard InChI is InChI=1S/C22H14N8/c1-2-5-24-16(3-1)21-13-10-18(28-15(13)4-6-26-21)22-14-9-17(20-11-23-7-8-25-20)27-12-19(14)29-30-22/h1-12,28H,(H,29,30). The summed E-state index contributed by atoms with van der Waals surface area (Å²) in [6.07, 6.45) is 10.3. The van der Waals surface area contributed by atoms with Crippen LogP contribution in [-0.4, -0.2) is 40.1 Å². The molecule has 2 N–H and O–H groups in total. The van der Waals surface area contributed by atoms with Crippen LogP contribution in [-0.2, 0) is 0 Å². The molecule has 0 aromatic carbocycles. The molecule has 0 aliphatic carbocycles. The first-order valence-corrected chi connectivity index (χ1v) is 9.37. The van der Waals surface area contributed by atoms with E-state index in [4.69, 9.17) is 0 Å². The van der Waals surface area contributed by atoms with Crippen molar-refractivity contribution in [3.63, 3.8) is 0 Å². The van der Waals surface area contributed by atoms with E-state index in [2.05, 4.69) is 46.2 Å². The lowest BCUT2D eigenvalue weighted by atomic mass is 10.1. The van der Waals surface area contributed by atoms with Gasteiger partial charge in [0.1, 0.15) is 11.4 Å². The predicted octanol–water partition coefficient (Wildman–Crippen LogP) is 4.02. The second-order valence-corrected chi connectivity index (χ2v) is 6.80. The van der Waals surface area contributed by atoms with Crippen LogP contribution in [0.5, 0.6) is 0 Å². The lowest BCUT2D eigenvalue weighted by Crippen LogP contribution is -1.88. The lowest BCUT2D eigenvalue weighted by molar-refractivity contribution is 1.11. The molecule has 8 heteroatoms. The molecule has 0 saturated carbocycles. The SMILES string of the molecule is c1ccc(-c2nccc3[nH]c(-c4n[nH]c5cnc(-c6cnccn6)cc45)cc23)nc1. The summed E-state index contributed by atoms with van der Waals surface area (Å²) in [7, 11) is 0. The topological polar surface area (TPSA) is 109 Å². The Morgan fingerprint density at radius 3 is 2.43 bits per heavy atom. The van der Waals surface area contributed by atoms with Gasteiger partial charge in [-0.05, 0) is 30.3 Å². The van der Waals surface area contributed by atoms with Gasteiger partial charge in [-0.1, -0.05) is 6.07 Å². The van der Waals surface area contributed by atoms with E-state index in [0.29, 0.717) is 5.69 Å². The van der Waals surface area contributed by atoms with Crippen molar-refractivity contribution in [2.75, 3.05) is 0 Å². The van der Waals surface area contributed by atoms with E-state index in [1.807, 2.05) is 30.3 Å². The highest BCUT2D eigenvalue weighted by atomic mass is 15.1. The van der Waals surface area contributed by atoms with Crippen LogP contribution in [0.3, 0.4) is 0 Å². The van der Waals surface area contributed by atoms with E-state index in [-0.39, 0.29) is 0 Å². The molecular weight excluding hydrogens is 376 g/mol. The summed E-state index contributed by atoms with van der Waals surface area (Å²) in [5.41, 5.74) is 6.62. The number of hydrogen-bond acceptors (Lipinski definition) is 6. The lowest BCUT2D eigenvalue weighted by Gasteiger charge is -2.00. The minimum Gasteiger partial charge on any atom is -0.353 e. The fraction of sp³-hybridized carbons (Fsp3) is 0. The Bertz CT molecular complexity index is 1490. The Kier molecular flexibility index (Phi) is 3.60. The molecular formula is C22H14N8. The van der Waals surface area contributed by atoms with Gasteiger partial charge < -0.3 is 4.98 Å². The summed E-state index contributed by atoms with van der Waals surface area (Å²) >= 11 is 0. The quantitative estimate of drug-likeness (QED) is 0.472. The molecule has 30 heavy (non-hydrogen) atoms. The van der Waals surface area contributed by atoms with E-state index >= 15 is 0 Å². The van der Waals surface area contributed by atoms with Crippen molar-refractivity contribution in [2.24, 2.45) is 0 Å². The first-order valence-electron chi connectivity index (χ1n) is 9.37. The zero-order chi connectivity index (χ0) is 19.9. The average Bonchev–Trinajstić information content (AvgIpc) is 3.43. The van der Waals surface area contributed by atoms with Crippen molar-refractivity contribution < 1.29 is 0 Å². The molecule has 0 fully saturated rings. The van der Waals surface area contributed by atoms with Crippen molar-refractivity contribution >= 4 is 21.8 Å². The number of fused-ring (bicyclic) bond motifs is 2. The summed E-state index contributed by atoms with van der Waals surface area (Å²) in [5, 5.41) is 9.53. The summed E-state index contributed by atoms with van der Waals surface area (Å²) in [6, 6.07) is 11.8. The third-order valence-electron chi connectivity index (χ3n) is 4.98. The zero-order valence-electron chi connectivity index (χ0n) is 15.6. The largest absolute Gasteiger partial charge is 0.353 e. The number of pyridine rings is 3. The van der Waals surface area contributed by atoms with Gasteiger partial charge in [0, 0.05) is 41.1 Å². The van der Waals surface area contributed by atoms with Gasteiger partial charge in [-0.15, -0.1) is 0 Å². The highest BCUT2D eigenvalue weighted by molar-refractivity contribution is 5.99. The van der Waals surface area contributed by atoms with Crippen molar-refractivity contribution in [1.29, 1.82) is 0 Å². The molecule has 6 heterocycles. The van der Waals surface area contributed by atoms with Crippen LogP contribution in [0.4, 0.5) is 0 Å². The Hall–Kier alpha value is -4.46. The maximum absolute atomic E-state index is 4.55. The number of rotatable bonds is 3. The van der Waals surface area contributed by atoms with Crippen LogP contribution in [0, 0.1) is 0 Å². The van der Waals surface area contributed by atoms with E-state index in [1.165, 1.54) is 0 Å². The van der Waals surface area contributed by atoms with Gasteiger partial charge in [-0.3, -0.25) is 30.0 Å². The van der Waals surface area contributed by atoms with E-state index in [0.717, 1.165) is 50.3 Å². The van der Waals surface area contributed by atoms with Gasteiger partial charge in [0.05, 0.1) is 40.7 Å². The number of hydrogen-bond donors (Lipinski definition) is 2. The number of aromatic nitrogens is 8. The molecule has 6 rings (SSSR count). The molecule has 142 valence electrons. The minimum absolute atomic E-state index is 0.713. The van der Waals surface area contributed by atoms with Crippen LogP contribution >= 0.6 is 0 Å². The van der Waals surface area contributed by atoms with Gasteiger partial charge in [0.2, 0.25) is 0 Å². The number of aromatic amines is 2. The Labute approximate surface area is 170 Å². The van der Waals surface area contributed by atoms with Gasteiger partial charge in [-0.2, -0.15) is 5.10 Å². The second-order valence-electron chi connectivity index (χ2n) is 6.80. The fourth-order valence-corrected chi connectivity index (χ4v) is 3.58. The number of H-pyrrole nitrogens is 2. The van der Waals surface area contributed by atoms with E-state index < -0.39 is 0 Å². The highest BCUT2D eigenvalue weighted by Crippen LogP contribution is 2.33. The Balaban J connectivity index is 1.52. The Morgan fingerprint density at radius 2 is 1.57 bits per heavy atom. The van der Waals surface area contributed by atoms with Crippen molar-refractivity contribution in [3.05, 3.63) is 73.6 Å². The molecule has 0 spiro atoms. The van der Waals surface area contributed by atoms with Crippen LogP contribution < -0.4 is 0 Å². The van der Waals surface area contributed by atoms with Gasteiger partial charge >= 0.3 is 0 Å². The zero-order valence-corrected chi connectivity index (χ0v) is 15.6. The normalized spacial score (nSPS) is 11.3. The minimum atomic E-state index is 0.713.